The first-order valence-electron chi connectivity index (χ1n) is 8.03. The predicted molar refractivity (Wildman–Crippen MR) is 89.9 cm³/mol. The van der Waals surface area contributed by atoms with Crippen LogP contribution in [-0.2, 0) is 11.8 Å². The van der Waals surface area contributed by atoms with Crippen molar-refractivity contribution >= 4 is 11.6 Å². The molecule has 1 aromatic heterocycles. The second-order valence-corrected chi connectivity index (χ2v) is 5.88. The van der Waals surface area contributed by atoms with E-state index < -0.39 is 4.92 Å². The largest absolute Gasteiger partial charge is 0.406 e. The standard InChI is InChI=1S/C16H20FN5O3/c1-20-11-19-16(22(23)24)15(20)18-10-14(21-6-8-25-9-7-21)12-2-4-13(17)5-3-12/h2-5,11,14,18H,6-10H2,1H3. The number of hydrogen-bond acceptors (Lipinski definition) is 6. The fourth-order valence-electron chi connectivity index (χ4n) is 2.98. The molecule has 9 heteroatoms. The van der Waals surface area contributed by atoms with Crippen molar-refractivity contribution in [2.45, 2.75) is 6.04 Å². The third-order valence-electron chi connectivity index (χ3n) is 4.29. The Morgan fingerprint density at radius 3 is 2.68 bits per heavy atom. The summed E-state index contributed by atoms with van der Waals surface area (Å²) in [6.45, 7) is 3.19. The SMILES string of the molecule is Cn1cnc([N+](=O)[O-])c1NCC(c1ccc(F)cc1)N1CCOCC1. The van der Waals surface area contributed by atoms with Gasteiger partial charge in [-0.05, 0) is 27.6 Å². The van der Waals surface area contributed by atoms with Gasteiger partial charge in [-0.2, -0.15) is 0 Å². The topological polar surface area (TPSA) is 85.5 Å². The highest BCUT2D eigenvalue weighted by molar-refractivity contribution is 5.52. The lowest BCUT2D eigenvalue weighted by Gasteiger charge is -2.35. The second kappa shape index (κ2) is 7.58. The lowest BCUT2D eigenvalue weighted by atomic mass is 10.0. The van der Waals surface area contributed by atoms with Crippen LogP contribution < -0.4 is 5.32 Å². The number of nitrogens with zero attached hydrogens (tertiary/aromatic N) is 4. The van der Waals surface area contributed by atoms with Gasteiger partial charge < -0.3 is 20.2 Å². The average molecular weight is 349 g/mol. The number of nitro groups is 1. The van der Waals surface area contributed by atoms with Crippen LogP contribution in [-0.4, -0.2) is 52.2 Å². The van der Waals surface area contributed by atoms with E-state index in [4.69, 9.17) is 4.74 Å². The van der Waals surface area contributed by atoms with Gasteiger partial charge in [0.15, 0.2) is 0 Å². The average Bonchev–Trinajstić information content (AvgIpc) is 2.99. The zero-order valence-electron chi connectivity index (χ0n) is 13.9. The first-order valence-corrected chi connectivity index (χ1v) is 8.03. The molecule has 1 aliphatic heterocycles. The zero-order chi connectivity index (χ0) is 17.8. The highest BCUT2D eigenvalue weighted by Gasteiger charge is 2.25. The maximum absolute atomic E-state index is 13.3. The molecule has 8 nitrogen and oxygen atoms in total. The third kappa shape index (κ3) is 3.94. The molecule has 0 saturated carbocycles. The maximum atomic E-state index is 13.3. The number of anilines is 1. The van der Waals surface area contributed by atoms with E-state index >= 15 is 0 Å². The van der Waals surface area contributed by atoms with Crippen LogP contribution in [0, 0.1) is 15.9 Å². The summed E-state index contributed by atoms with van der Waals surface area (Å²) in [5.41, 5.74) is 0.945. The molecule has 1 aliphatic rings. The van der Waals surface area contributed by atoms with Crippen LogP contribution in [0.2, 0.25) is 0 Å². The van der Waals surface area contributed by atoms with Crippen LogP contribution in [0.15, 0.2) is 30.6 Å². The van der Waals surface area contributed by atoms with Gasteiger partial charge in [0.25, 0.3) is 0 Å². The van der Waals surface area contributed by atoms with E-state index in [-0.39, 0.29) is 17.7 Å². The monoisotopic (exact) mass is 349 g/mol. The summed E-state index contributed by atoms with van der Waals surface area (Å²) in [6, 6.07) is 6.28. The predicted octanol–water partition coefficient (Wildman–Crippen LogP) is 1.95. The summed E-state index contributed by atoms with van der Waals surface area (Å²) in [7, 11) is 1.70. The van der Waals surface area contributed by atoms with Crippen molar-refractivity contribution in [1.29, 1.82) is 0 Å². The molecular formula is C16H20FN5O3. The molecular weight excluding hydrogens is 329 g/mol. The van der Waals surface area contributed by atoms with Crippen LogP contribution in [0.4, 0.5) is 16.0 Å². The van der Waals surface area contributed by atoms with Gasteiger partial charge in [0.1, 0.15) is 5.82 Å². The molecule has 0 radical (unpaired) electrons. The van der Waals surface area contributed by atoms with E-state index in [1.165, 1.54) is 18.5 Å². The molecule has 25 heavy (non-hydrogen) atoms. The Morgan fingerprint density at radius 1 is 1.36 bits per heavy atom. The molecule has 1 N–H and O–H groups in total. The summed E-state index contributed by atoms with van der Waals surface area (Å²) in [5.74, 6) is -0.146. The Hall–Kier alpha value is -2.52. The van der Waals surface area contributed by atoms with E-state index in [1.807, 2.05) is 0 Å². The van der Waals surface area contributed by atoms with E-state index in [2.05, 4.69) is 15.2 Å². The van der Waals surface area contributed by atoms with Crippen LogP contribution in [0.5, 0.6) is 0 Å². The van der Waals surface area contributed by atoms with Crippen molar-refractivity contribution in [1.82, 2.24) is 14.5 Å². The smallest absolute Gasteiger partial charge is 0.379 e. The molecule has 1 atom stereocenters. The molecule has 2 aromatic rings. The minimum absolute atomic E-state index is 0.0565. The molecule has 2 heterocycles. The number of morpholine rings is 1. The minimum atomic E-state index is -0.510. The molecule has 3 rings (SSSR count). The Labute approximate surface area is 144 Å². The Kier molecular flexibility index (Phi) is 5.25. The van der Waals surface area contributed by atoms with Gasteiger partial charge in [0.05, 0.1) is 19.3 Å². The van der Waals surface area contributed by atoms with Crippen molar-refractivity contribution in [2.24, 2.45) is 7.05 Å². The van der Waals surface area contributed by atoms with Crippen LogP contribution in [0.1, 0.15) is 11.6 Å². The summed E-state index contributed by atoms with van der Waals surface area (Å²) < 4.78 is 20.2. The number of aryl methyl sites for hydroxylation is 1. The molecule has 1 saturated heterocycles. The molecule has 1 aromatic carbocycles. The number of halogens is 1. The Morgan fingerprint density at radius 2 is 2.04 bits per heavy atom. The second-order valence-electron chi connectivity index (χ2n) is 5.88. The number of aromatic nitrogens is 2. The van der Waals surface area contributed by atoms with Gasteiger partial charge in [0, 0.05) is 26.7 Å². The zero-order valence-corrected chi connectivity index (χ0v) is 13.9. The normalized spacial score (nSPS) is 16.6. The van der Waals surface area contributed by atoms with Gasteiger partial charge in [-0.3, -0.25) is 9.47 Å². The third-order valence-corrected chi connectivity index (χ3v) is 4.29. The summed E-state index contributed by atoms with van der Waals surface area (Å²) in [6.07, 6.45) is 1.40. The number of ether oxygens (including phenoxy) is 1. The number of rotatable bonds is 6. The van der Waals surface area contributed by atoms with E-state index in [0.717, 1.165) is 18.7 Å². The van der Waals surface area contributed by atoms with Gasteiger partial charge in [-0.15, -0.1) is 0 Å². The van der Waals surface area contributed by atoms with Crippen molar-refractivity contribution in [3.63, 3.8) is 0 Å². The van der Waals surface area contributed by atoms with E-state index in [0.29, 0.717) is 25.6 Å². The van der Waals surface area contributed by atoms with E-state index in [1.54, 1.807) is 23.7 Å². The summed E-state index contributed by atoms with van der Waals surface area (Å²) in [5, 5.41) is 14.2. The molecule has 0 spiro atoms. The number of benzene rings is 1. The van der Waals surface area contributed by atoms with Crippen molar-refractivity contribution in [3.05, 3.63) is 52.1 Å². The number of imidazole rings is 1. The first-order chi connectivity index (χ1) is 12.1. The molecule has 134 valence electrons. The lowest BCUT2D eigenvalue weighted by Crippen LogP contribution is -2.41. The quantitative estimate of drug-likeness (QED) is 0.634. The van der Waals surface area contributed by atoms with Crippen molar-refractivity contribution in [3.8, 4) is 0 Å². The van der Waals surface area contributed by atoms with Gasteiger partial charge in [-0.1, -0.05) is 12.1 Å². The fraction of sp³-hybridized carbons (Fsp3) is 0.438. The number of hydrogen-bond donors (Lipinski definition) is 1. The highest BCUT2D eigenvalue weighted by atomic mass is 19.1. The lowest BCUT2D eigenvalue weighted by molar-refractivity contribution is -0.388. The van der Waals surface area contributed by atoms with Crippen molar-refractivity contribution < 1.29 is 14.1 Å². The van der Waals surface area contributed by atoms with Gasteiger partial charge in [-0.25, -0.2) is 4.39 Å². The Bertz CT molecular complexity index is 728. The van der Waals surface area contributed by atoms with Crippen LogP contribution in [0.25, 0.3) is 0 Å². The Balaban J connectivity index is 1.81. The summed E-state index contributed by atoms with van der Waals surface area (Å²) >= 11 is 0. The molecule has 0 bridgehead atoms. The van der Waals surface area contributed by atoms with E-state index in [9.17, 15) is 14.5 Å². The highest BCUT2D eigenvalue weighted by Crippen LogP contribution is 2.26. The molecule has 0 aliphatic carbocycles. The molecule has 0 amide bonds. The first kappa shape index (κ1) is 17.3. The van der Waals surface area contributed by atoms with Gasteiger partial charge in [0.2, 0.25) is 12.1 Å². The maximum Gasteiger partial charge on any atom is 0.406 e. The number of nitrogens with one attached hydrogen (secondary N) is 1. The van der Waals surface area contributed by atoms with Crippen LogP contribution in [0.3, 0.4) is 0 Å². The summed E-state index contributed by atoms with van der Waals surface area (Å²) in [4.78, 5) is 16.6. The van der Waals surface area contributed by atoms with Crippen LogP contribution >= 0.6 is 0 Å². The van der Waals surface area contributed by atoms with Gasteiger partial charge >= 0.3 is 5.82 Å². The fourth-order valence-corrected chi connectivity index (χ4v) is 2.98. The minimum Gasteiger partial charge on any atom is -0.379 e. The molecule has 1 fully saturated rings. The van der Waals surface area contributed by atoms with Crippen molar-refractivity contribution in [2.75, 3.05) is 38.2 Å². The molecule has 1 unspecified atom stereocenters.